The Balaban J connectivity index is 2.91. The molecule has 0 saturated heterocycles. The average Bonchev–Trinajstić information content (AvgIpc) is 2.54. The lowest BCUT2D eigenvalue weighted by molar-refractivity contribution is 0.0794. The molecule has 0 unspecified atom stereocenters. The zero-order valence-electron chi connectivity index (χ0n) is 13.7. The third-order valence-corrected chi connectivity index (χ3v) is 3.17. The van der Waals surface area contributed by atoms with Crippen LogP contribution in [0.15, 0.2) is 18.2 Å². The number of hydrogen-bond donors (Lipinski definition) is 0. The molecule has 1 aromatic carbocycles. The van der Waals surface area contributed by atoms with Gasteiger partial charge < -0.3 is 14.4 Å². The summed E-state index contributed by atoms with van der Waals surface area (Å²) in [6.07, 6.45) is 0.919. The van der Waals surface area contributed by atoms with E-state index in [0.29, 0.717) is 29.6 Å². The number of ether oxygens (including phenoxy) is 2. The van der Waals surface area contributed by atoms with Crippen LogP contribution in [-0.2, 0) is 0 Å². The van der Waals surface area contributed by atoms with Crippen LogP contribution in [0, 0.1) is 28.6 Å². The van der Waals surface area contributed by atoms with Crippen molar-refractivity contribution in [1.29, 1.82) is 10.5 Å². The molecule has 122 valence electrons. The Morgan fingerprint density at radius 1 is 1.22 bits per heavy atom. The molecule has 0 radical (unpaired) electrons. The molecule has 0 heterocycles. The number of hydrogen-bond acceptors (Lipinski definition) is 5. The van der Waals surface area contributed by atoms with Crippen molar-refractivity contribution in [2.75, 3.05) is 26.8 Å². The second-order valence-electron chi connectivity index (χ2n) is 5.37. The summed E-state index contributed by atoms with van der Waals surface area (Å²) >= 11 is 0. The number of rotatable bonds is 8. The van der Waals surface area contributed by atoms with E-state index in [4.69, 9.17) is 20.0 Å². The first-order valence-electron chi connectivity index (χ1n) is 7.37. The van der Waals surface area contributed by atoms with Crippen LogP contribution in [0.2, 0.25) is 0 Å². The Morgan fingerprint density at radius 3 is 2.39 bits per heavy atom. The van der Waals surface area contributed by atoms with Gasteiger partial charge in [0, 0.05) is 5.56 Å². The van der Waals surface area contributed by atoms with E-state index >= 15 is 0 Å². The van der Waals surface area contributed by atoms with Crippen molar-refractivity contribution in [1.82, 2.24) is 4.90 Å². The highest BCUT2D eigenvalue weighted by Gasteiger charge is 2.17. The Labute approximate surface area is 136 Å². The molecule has 0 aromatic heterocycles. The molecule has 1 amide bonds. The van der Waals surface area contributed by atoms with Gasteiger partial charge in [0.05, 0.1) is 25.9 Å². The second-order valence-corrected chi connectivity index (χ2v) is 5.37. The number of carbonyl (C=O) groups excluding carboxylic acids is 1. The van der Waals surface area contributed by atoms with Gasteiger partial charge in [0.25, 0.3) is 5.91 Å². The lowest BCUT2D eigenvalue weighted by atomic mass is 10.1. The van der Waals surface area contributed by atoms with Gasteiger partial charge in [0.2, 0.25) is 0 Å². The molecule has 0 aliphatic heterocycles. The molecule has 6 nitrogen and oxygen atoms in total. The maximum Gasteiger partial charge on any atom is 0.255 e. The van der Waals surface area contributed by atoms with E-state index in [1.807, 2.05) is 12.1 Å². The average molecular weight is 315 g/mol. The zero-order valence-corrected chi connectivity index (χ0v) is 13.7. The summed E-state index contributed by atoms with van der Waals surface area (Å²) in [6.45, 7) is 4.52. The number of nitrogens with zero attached hydrogens (tertiary/aromatic N) is 3. The molecular formula is C17H21N3O3. The van der Waals surface area contributed by atoms with Crippen LogP contribution < -0.4 is 9.47 Å². The fraction of sp³-hybridized carbons (Fsp3) is 0.471. The van der Waals surface area contributed by atoms with Gasteiger partial charge in [-0.05, 0) is 30.5 Å². The topological polar surface area (TPSA) is 86.4 Å². The highest BCUT2D eigenvalue weighted by atomic mass is 16.5. The molecule has 0 aliphatic rings. The van der Waals surface area contributed by atoms with Crippen molar-refractivity contribution in [2.45, 2.75) is 20.3 Å². The van der Waals surface area contributed by atoms with Crippen LogP contribution >= 0.6 is 0 Å². The molecule has 23 heavy (non-hydrogen) atoms. The summed E-state index contributed by atoms with van der Waals surface area (Å²) < 4.78 is 10.9. The van der Waals surface area contributed by atoms with Crippen LogP contribution in [0.1, 0.15) is 30.6 Å². The third-order valence-electron chi connectivity index (χ3n) is 3.17. The summed E-state index contributed by atoms with van der Waals surface area (Å²) in [6, 6.07) is 8.60. The first kappa shape index (κ1) is 18.3. The molecule has 0 spiro atoms. The fourth-order valence-corrected chi connectivity index (χ4v) is 1.88. The maximum atomic E-state index is 12.3. The van der Waals surface area contributed by atoms with Gasteiger partial charge in [-0.15, -0.1) is 0 Å². The first-order chi connectivity index (χ1) is 11.0. The normalized spacial score (nSPS) is 9.83. The highest BCUT2D eigenvalue weighted by molar-refractivity contribution is 5.95. The fourth-order valence-electron chi connectivity index (χ4n) is 1.88. The van der Waals surface area contributed by atoms with E-state index in [9.17, 15) is 4.79 Å². The third kappa shape index (κ3) is 5.52. The van der Waals surface area contributed by atoms with Crippen molar-refractivity contribution >= 4 is 5.91 Å². The largest absolute Gasteiger partial charge is 0.493 e. The molecule has 6 heteroatoms. The second kappa shape index (κ2) is 9.32. The monoisotopic (exact) mass is 315 g/mol. The smallest absolute Gasteiger partial charge is 0.255 e. The molecular weight excluding hydrogens is 294 g/mol. The summed E-state index contributed by atoms with van der Waals surface area (Å²) in [5.74, 6) is 1.16. The predicted molar refractivity (Wildman–Crippen MR) is 85.1 cm³/mol. The van der Waals surface area contributed by atoms with Crippen LogP contribution in [0.4, 0.5) is 0 Å². The lowest BCUT2D eigenvalue weighted by Gasteiger charge is -2.17. The first-order valence-corrected chi connectivity index (χ1v) is 7.37. The van der Waals surface area contributed by atoms with Gasteiger partial charge in [-0.1, -0.05) is 13.8 Å². The minimum Gasteiger partial charge on any atom is -0.493 e. The molecule has 0 fully saturated rings. The van der Waals surface area contributed by atoms with Crippen molar-refractivity contribution in [3.05, 3.63) is 23.8 Å². The number of carbonyl (C=O) groups is 1. The maximum absolute atomic E-state index is 12.3. The van der Waals surface area contributed by atoms with Crippen LogP contribution in [0.3, 0.4) is 0 Å². The molecule has 1 rings (SSSR count). The van der Waals surface area contributed by atoms with Gasteiger partial charge in [0.1, 0.15) is 13.1 Å². The molecule has 0 aliphatic carbocycles. The molecule has 1 aromatic rings. The summed E-state index contributed by atoms with van der Waals surface area (Å²) in [5, 5.41) is 17.5. The van der Waals surface area contributed by atoms with Crippen molar-refractivity contribution in [2.24, 2.45) is 5.92 Å². The van der Waals surface area contributed by atoms with Gasteiger partial charge in [0.15, 0.2) is 11.5 Å². The molecule has 0 atom stereocenters. The standard InChI is InChI=1S/C17H21N3O3/c1-13(2)6-11-23-15-5-4-14(12-16(15)22-3)17(21)20(9-7-18)10-8-19/h4-5,12-13H,6,9-11H2,1-3H3. The van der Waals surface area contributed by atoms with E-state index in [0.717, 1.165) is 6.42 Å². The van der Waals surface area contributed by atoms with Crippen LogP contribution in [0.25, 0.3) is 0 Å². The summed E-state index contributed by atoms with van der Waals surface area (Å²) in [7, 11) is 1.50. The van der Waals surface area contributed by atoms with E-state index in [1.165, 1.54) is 12.0 Å². The predicted octanol–water partition coefficient (Wildman–Crippen LogP) is 2.61. The number of methoxy groups -OCH3 is 1. The summed E-state index contributed by atoms with van der Waals surface area (Å²) in [4.78, 5) is 13.5. The van der Waals surface area contributed by atoms with E-state index in [-0.39, 0.29) is 19.0 Å². The number of benzene rings is 1. The van der Waals surface area contributed by atoms with Gasteiger partial charge in [-0.25, -0.2) is 0 Å². The van der Waals surface area contributed by atoms with Crippen molar-refractivity contribution in [3.8, 4) is 23.6 Å². The van der Waals surface area contributed by atoms with Crippen molar-refractivity contribution < 1.29 is 14.3 Å². The minimum absolute atomic E-state index is 0.138. The van der Waals surface area contributed by atoms with E-state index in [1.54, 1.807) is 18.2 Å². The van der Waals surface area contributed by atoms with Crippen LogP contribution in [-0.4, -0.2) is 37.6 Å². The molecule has 0 N–H and O–H groups in total. The molecule has 0 bridgehead atoms. The number of nitriles is 2. The van der Waals surface area contributed by atoms with E-state index in [2.05, 4.69) is 13.8 Å². The Bertz CT molecular complexity index is 598. The van der Waals surface area contributed by atoms with Gasteiger partial charge >= 0.3 is 0 Å². The Kier molecular flexibility index (Phi) is 7.42. The molecule has 0 saturated carbocycles. The quantitative estimate of drug-likeness (QED) is 0.688. The summed E-state index contributed by atoms with van der Waals surface area (Å²) in [5.41, 5.74) is 0.351. The zero-order chi connectivity index (χ0) is 17.2. The van der Waals surface area contributed by atoms with Crippen LogP contribution in [0.5, 0.6) is 11.5 Å². The highest BCUT2D eigenvalue weighted by Crippen LogP contribution is 2.29. The SMILES string of the molecule is COc1cc(C(=O)N(CC#N)CC#N)ccc1OCCC(C)C. The number of amides is 1. The van der Waals surface area contributed by atoms with Crippen molar-refractivity contribution in [3.63, 3.8) is 0 Å². The van der Waals surface area contributed by atoms with Gasteiger partial charge in [-0.2, -0.15) is 10.5 Å². The minimum atomic E-state index is -0.389. The lowest BCUT2D eigenvalue weighted by Crippen LogP contribution is -2.31. The Hall–Kier alpha value is -2.73. The Morgan fingerprint density at radius 2 is 1.87 bits per heavy atom. The van der Waals surface area contributed by atoms with Gasteiger partial charge in [-0.3, -0.25) is 4.79 Å². The van der Waals surface area contributed by atoms with E-state index < -0.39 is 0 Å².